The SMILES string of the molecule is C[C@H]1CN(C(=O)Cc2ccc(NC(=O)NCc3ccc(Cl)cc3)cc2)CCN1. The maximum atomic E-state index is 12.4. The summed E-state index contributed by atoms with van der Waals surface area (Å²) in [4.78, 5) is 26.4. The van der Waals surface area contributed by atoms with Crippen molar-refractivity contribution in [3.63, 3.8) is 0 Å². The summed E-state index contributed by atoms with van der Waals surface area (Å²) in [6, 6.07) is 14.7. The van der Waals surface area contributed by atoms with E-state index in [-0.39, 0.29) is 11.9 Å². The number of piperazine rings is 1. The number of nitrogens with zero attached hydrogens (tertiary/aromatic N) is 1. The third-order valence-electron chi connectivity index (χ3n) is 4.65. The smallest absolute Gasteiger partial charge is 0.319 e. The van der Waals surface area contributed by atoms with E-state index in [1.807, 2.05) is 41.3 Å². The molecule has 2 aromatic carbocycles. The predicted molar refractivity (Wildman–Crippen MR) is 112 cm³/mol. The lowest BCUT2D eigenvalue weighted by atomic mass is 10.1. The Morgan fingerprint density at radius 3 is 2.46 bits per heavy atom. The monoisotopic (exact) mass is 400 g/mol. The molecule has 148 valence electrons. The second-order valence-corrected chi connectivity index (χ2v) is 7.44. The van der Waals surface area contributed by atoms with Crippen LogP contribution in [-0.2, 0) is 17.8 Å². The molecule has 0 aromatic heterocycles. The molecular weight excluding hydrogens is 376 g/mol. The van der Waals surface area contributed by atoms with Crippen molar-refractivity contribution in [2.75, 3.05) is 25.0 Å². The number of rotatable bonds is 5. The molecule has 0 aliphatic carbocycles. The van der Waals surface area contributed by atoms with Gasteiger partial charge in [0.15, 0.2) is 0 Å². The lowest BCUT2D eigenvalue weighted by Gasteiger charge is -2.32. The second kappa shape index (κ2) is 9.57. The number of hydrogen-bond donors (Lipinski definition) is 3. The number of halogens is 1. The first-order chi connectivity index (χ1) is 13.5. The molecule has 0 spiro atoms. The molecule has 0 saturated carbocycles. The fraction of sp³-hybridized carbons (Fsp3) is 0.333. The molecule has 1 atom stereocenters. The maximum absolute atomic E-state index is 12.4. The van der Waals surface area contributed by atoms with Crippen LogP contribution < -0.4 is 16.0 Å². The summed E-state index contributed by atoms with van der Waals surface area (Å²) < 4.78 is 0. The van der Waals surface area contributed by atoms with Gasteiger partial charge in [0.05, 0.1) is 6.42 Å². The van der Waals surface area contributed by atoms with Crippen molar-refractivity contribution in [1.82, 2.24) is 15.5 Å². The molecule has 28 heavy (non-hydrogen) atoms. The molecule has 0 bridgehead atoms. The van der Waals surface area contributed by atoms with Crippen LogP contribution in [0.25, 0.3) is 0 Å². The highest BCUT2D eigenvalue weighted by Gasteiger charge is 2.20. The summed E-state index contributed by atoms with van der Waals surface area (Å²) in [6.07, 6.45) is 0.371. The Bertz CT molecular complexity index is 808. The summed E-state index contributed by atoms with van der Waals surface area (Å²) in [5, 5.41) is 9.59. The standard InChI is InChI=1S/C21H25ClN4O2/c1-15-14-26(11-10-23-15)20(27)12-16-4-8-19(9-5-16)25-21(28)24-13-17-2-6-18(22)7-3-17/h2-9,15,23H,10-14H2,1H3,(H2,24,25,28)/t15-/m0/s1. The van der Waals surface area contributed by atoms with Crippen LogP contribution in [0.2, 0.25) is 5.02 Å². The van der Waals surface area contributed by atoms with Gasteiger partial charge in [0, 0.05) is 42.9 Å². The number of amides is 3. The van der Waals surface area contributed by atoms with E-state index in [1.165, 1.54) is 0 Å². The number of benzene rings is 2. The van der Waals surface area contributed by atoms with E-state index in [2.05, 4.69) is 22.9 Å². The Kier molecular flexibility index (Phi) is 6.90. The molecule has 2 aromatic rings. The number of anilines is 1. The van der Waals surface area contributed by atoms with Crippen LogP contribution >= 0.6 is 11.6 Å². The third kappa shape index (κ3) is 5.97. The van der Waals surface area contributed by atoms with E-state index in [1.54, 1.807) is 12.1 Å². The lowest BCUT2D eigenvalue weighted by Crippen LogP contribution is -2.51. The minimum Gasteiger partial charge on any atom is -0.340 e. The first-order valence-corrected chi connectivity index (χ1v) is 9.77. The topological polar surface area (TPSA) is 73.5 Å². The highest BCUT2D eigenvalue weighted by molar-refractivity contribution is 6.30. The molecule has 7 heteroatoms. The van der Waals surface area contributed by atoms with Crippen molar-refractivity contribution in [1.29, 1.82) is 0 Å². The Morgan fingerprint density at radius 2 is 1.79 bits per heavy atom. The van der Waals surface area contributed by atoms with Crippen LogP contribution in [0, 0.1) is 0 Å². The molecule has 0 unspecified atom stereocenters. The Labute approximate surface area is 170 Å². The zero-order chi connectivity index (χ0) is 19.9. The number of nitrogens with one attached hydrogen (secondary N) is 3. The van der Waals surface area contributed by atoms with Crippen LogP contribution in [0.5, 0.6) is 0 Å². The molecule has 0 radical (unpaired) electrons. The predicted octanol–water partition coefficient (Wildman–Crippen LogP) is 3.02. The zero-order valence-electron chi connectivity index (χ0n) is 15.9. The van der Waals surface area contributed by atoms with Gasteiger partial charge in [0.25, 0.3) is 0 Å². The summed E-state index contributed by atoms with van der Waals surface area (Å²) in [5.41, 5.74) is 2.58. The molecule has 6 nitrogen and oxygen atoms in total. The van der Waals surface area contributed by atoms with Crippen molar-refractivity contribution in [2.45, 2.75) is 25.9 Å². The van der Waals surface area contributed by atoms with E-state index in [0.29, 0.717) is 29.7 Å². The van der Waals surface area contributed by atoms with Gasteiger partial charge >= 0.3 is 6.03 Å². The Morgan fingerprint density at radius 1 is 1.11 bits per heavy atom. The third-order valence-corrected chi connectivity index (χ3v) is 4.91. The van der Waals surface area contributed by atoms with Crippen molar-refractivity contribution < 1.29 is 9.59 Å². The summed E-state index contributed by atoms with van der Waals surface area (Å²) in [7, 11) is 0. The van der Waals surface area contributed by atoms with Gasteiger partial charge < -0.3 is 20.9 Å². The van der Waals surface area contributed by atoms with Crippen molar-refractivity contribution in [3.05, 3.63) is 64.7 Å². The van der Waals surface area contributed by atoms with E-state index >= 15 is 0 Å². The van der Waals surface area contributed by atoms with E-state index in [9.17, 15) is 9.59 Å². The molecule has 3 rings (SSSR count). The van der Waals surface area contributed by atoms with Gasteiger partial charge in [-0.2, -0.15) is 0 Å². The van der Waals surface area contributed by atoms with Crippen molar-refractivity contribution in [3.8, 4) is 0 Å². The highest BCUT2D eigenvalue weighted by Crippen LogP contribution is 2.12. The molecule has 1 saturated heterocycles. The maximum Gasteiger partial charge on any atom is 0.319 e. The first-order valence-electron chi connectivity index (χ1n) is 9.39. The molecule has 1 aliphatic heterocycles. The quantitative estimate of drug-likeness (QED) is 0.722. The van der Waals surface area contributed by atoms with Gasteiger partial charge in [-0.3, -0.25) is 4.79 Å². The van der Waals surface area contributed by atoms with Gasteiger partial charge in [0.1, 0.15) is 0 Å². The zero-order valence-corrected chi connectivity index (χ0v) is 16.6. The van der Waals surface area contributed by atoms with Gasteiger partial charge in [-0.25, -0.2) is 4.79 Å². The molecule has 1 fully saturated rings. The van der Waals surface area contributed by atoms with Gasteiger partial charge in [-0.1, -0.05) is 35.9 Å². The Balaban J connectivity index is 1.46. The van der Waals surface area contributed by atoms with Gasteiger partial charge in [0.2, 0.25) is 5.91 Å². The van der Waals surface area contributed by atoms with Crippen molar-refractivity contribution in [2.24, 2.45) is 0 Å². The van der Waals surface area contributed by atoms with Gasteiger partial charge in [-0.05, 0) is 42.3 Å². The van der Waals surface area contributed by atoms with Crippen LogP contribution in [0.3, 0.4) is 0 Å². The average molecular weight is 401 g/mol. The average Bonchev–Trinajstić information content (AvgIpc) is 2.69. The van der Waals surface area contributed by atoms with E-state index in [0.717, 1.165) is 30.8 Å². The molecule has 1 heterocycles. The number of carbonyl (C=O) groups is 2. The van der Waals surface area contributed by atoms with E-state index < -0.39 is 0 Å². The largest absolute Gasteiger partial charge is 0.340 e. The van der Waals surface area contributed by atoms with Crippen LogP contribution in [0.15, 0.2) is 48.5 Å². The molecule has 3 N–H and O–H groups in total. The Hall–Kier alpha value is -2.57. The number of urea groups is 1. The minimum absolute atomic E-state index is 0.134. The fourth-order valence-corrected chi connectivity index (χ4v) is 3.24. The fourth-order valence-electron chi connectivity index (χ4n) is 3.11. The molecule has 3 amide bonds. The molecule has 1 aliphatic rings. The summed E-state index contributed by atoms with van der Waals surface area (Å²) >= 11 is 5.85. The van der Waals surface area contributed by atoms with Crippen molar-refractivity contribution >= 4 is 29.2 Å². The number of carbonyl (C=O) groups excluding carboxylic acids is 2. The number of hydrogen-bond acceptors (Lipinski definition) is 3. The van der Waals surface area contributed by atoms with E-state index in [4.69, 9.17) is 11.6 Å². The summed E-state index contributed by atoms with van der Waals surface area (Å²) in [6.45, 7) is 4.82. The van der Waals surface area contributed by atoms with Gasteiger partial charge in [-0.15, -0.1) is 0 Å². The van der Waals surface area contributed by atoms with Crippen LogP contribution in [-0.4, -0.2) is 42.5 Å². The van der Waals surface area contributed by atoms with Crippen LogP contribution in [0.4, 0.5) is 10.5 Å². The second-order valence-electron chi connectivity index (χ2n) is 7.00. The lowest BCUT2D eigenvalue weighted by molar-refractivity contribution is -0.131. The highest BCUT2D eigenvalue weighted by atomic mass is 35.5. The first kappa shape index (κ1) is 20.2. The van der Waals surface area contributed by atoms with Crippen LogP contribution in [0.1, 0.15) is 18.1 Å². The molecular formula is C21H25ClN4O2. The minimum atomic E-state index is -0.284. The normalized spacial score (nSPS) is 16.5. The summed E-state index contributed by atoms with van der Waals surface area (Å²) in [5.74, 6) is 0.134.